The molecule has 1 amide bonds. The third-order valence-corrected chi connectivity index (χ3v) is 5.13. The molecule has 4 rings (SSSR count). The van der Waals surface area contributed by atoms with Crippen molar-refractivity contribution in [1.82, 2.24) is 20.2 Å². The molecule has 1 aromatic carbocycles. The zero-order chi connectivity index (χ0) is 18.5. The number of carbonyl (C=O) groups excluding carboxylic acids is 1. The molecule has 2 aliphatic heterocycles. The van der Waals surface area contributed by atoms with Crippen LogP contribution in [0.5, 0.6) is 5.75 Å². The minimum absolute atomic E-state index is 0.0901. The first-order chi connectivity index (χ1) is 13.3. The minimum Gasteiger partial charge on any atom is -0.492 e. The average molecular weight is 367 g/mol. The maximum absolute atomic E-state index is 12.5. The Morgan fingerprint density at radius 2 is 2.04 bits per heavy atom. The van der Waals surface area contributed by atoms with Crippen molar-refractivity contribution in [1.29, 1.82) is 0 Å². The maximum Gasteiger partial charge on any atom is 0.234 e. The summed E-state index contributed by atoms with van der Waals surface area (Å²) in [6.07, 6.45) is 7.04. The molecule has 0 aliphatic carbocycles. The largest absolute Gasteiger partial charge is 0.492 e. The lowest BCUT2D eigenvalue weighted by Gasteiger charge is -2.33. The van der Waals surface area contributed by atoms with Crippen LogP contribution in [0.15, 0.2) is 42.9 Å². The molecule has 1 fully saturated rings. The summed E-state index contributed by atoms with van der Waals surface area (Å²) in [6, 6.07) is 8.27. The number of aromatic nitrogens is 2. The second kappa shape index (κ2) is 8.35. The van der Waals surface area contributed by atoms with Gasteiger partial charge < -0.3 is 15.0 Å². The molecular formula is C20H25N5O2. The van der Waals surface area contributed by atoms with E-state index in [9.17, 15) is 4.79 Å². The van der Waals surface area contributed by atoms with E-state index in [0.717, 1.165) is 56.2 Å². The summed E-state index contributed by atoms with van der Waals surface area (Å²) in [4.78, 5) is 25.4. The van der Waals surface area contributed by atoms with Crippen molar-refractivity contribution in [3.63, 3.8) is 0 Å². The van der Waals surface area contributed by atoms with Gasteiger partial charge >= 0.3 is 0 Å². The minimum atomic E-state index is 0.0901. The molecule has 142 valence electrons. The highest BCUT2D eigenvalue weighted by atomic mass is 16.5. The van der Waals surface area contributed by atoms with Crippen LogP contribution in [0, 0.1) is 0 Å². The van der Waals surface area contributed by atoms with Gasteiger partial charge in [0.2, 0.25) is 5.91 Å². The van der Waals surface area contributed by atoms with Crippen molar-refractivity contribution in [3.05, 3.63) is 48.4 Å². The molecule has 0 unspecified atom stereocenters. The lowest BCUT2D eigenvalue weighted by atomic mass is 10.1. The fraction of sp³-hybridized carbons (Fsp3) is 0.450. The first-order valence-electron chi connectivity index (χ1n) is 9.51. The molecule has 1 aromatic heterocycles. The van der Waals surface area contributed by atoms with Gasteiger partial charge in [0.1, 0.15) is 18.2 Å². The van der Waals surface area contributed by atoms with E-state index in [1.807, 2.05) is 18.2 Å². The third-order valence-electron chi connectivity index (χ3n) is 5.13. The second-order valence-corrected chi connectivity index (χ2v) is 7.06. The Morgan fingerprint density at radius 3 is 2.85 bits per heavy atom. The van der Waals surface area contributed by atoms with Gasteiger partial charge in [-0.25, -0.2) is 4.98 Å². The van der Waals surface area contributed by atoms with E-state index in [0.29, 0.717) is 13.2 Å². The molecule has 0 saturated carbocycles. The number of benzene rings is 1. The fourth-order valence-electron chi connectivity index (χ4n) is 3.70. The number of piperidine rings is 1. The van der Waals surface area contributed by atoms with Crippen LogP contribution < -0.4 is 15.0 Å². The monoisotopic (exact) mass is 367 g/mol. The number of nitrogens with zero attached hydrogens (tertiary/aromatic N) is 4. The molecule has 2 aromatic rings. The van der Waals surface area contributed by atoms with E-state index >= 15 is 0 Å². The first kappa shape index (κ1) is 17.7. The smallest absolute Gasteiger partial charge is 0.234 e. The zero-order valence-electron chi connectivity index (χ0n) is 15.4. The number of rotatable bonds is 4. The van der Waals surface area contributed by atoms with Crippen LogP contribution in [0.1, 0.15) is 18.4 Å². The fourth-order valence-corrected chi connectivity index (χ4v) is 3.70. The SMILES string of the molecule is O=C(CN1CCOc2ccccc2C1)NC1CCN(c2cnccn2)CC1. The predicted molar refractivity (Wildman–Crippen MR) is 103 cm³/mol. The number of fused-ring (bicyclic) bond motifs is 1. The van der Waals surface area contributed by atoms with Gasteiger partial charge in [-0.2, -0.15) is 0 Å². The lowest BCUT2D eigenvalue weighted by Crippen LogP contribution is -2.47. The molecule has 0 bridgehead atoms. The summed E-state index contributed by atoms with van der Waals surface area (Å²) in [5.41, 5.74) is 1.14. The normalized spacial score (nSPS) is 18.3. The van der Waals surface area contributed by atoms with Crippen LogP contribution in [0.25, 0.3) is 0 Å². The number of nitrogens with one attached hydrogen (secondary N) is 1. The van der Waals surface area contributed by atoms with E-state index in [1.54, 1.807) is 18.6 Å². The molecule has 0 atom stereocenters. The second-order valence-electron chi connectivity index (χ2n) is 7.06. The third kappa shape index (κ3) is 4.54. The maximum atomic E-state index is 12.5. The van der Waals surface area contributed by atoms with Crippen molar-refractivity contribution in [3.8, 4) is 5.75 Å². The van der Waals surface area contributed by atoms with Crippen molar-refractivity contribution >= 4 is 11.7 Å². The average Bonchev–Trinajstić information content (AvgIpc) is 2.91. The standard InChI is InChI=1S/C20H25N5O2/c26-20(15-24-11-12-27-18-4-2-1-3-16(18)14-24)23-17-5-9-25(10-6-17)19-13-21-7-8-22-19/h1-4,7-8,13,17H,5-6,9-12,14-15H2,(H,23,26). The molecule has 27 heavy (non-hydrogen) atoms. The molecule has 0 spiro atoms. The van der Waals surface area contributed by atoms with Crippen LogP contribution >= 0.6 is 0 Å². The van der Waals surface area contributed by atoms with Gasteiger partial charge in [-0.3, -0.25) is 14.7 Å². The van der Waals surface area contributed by atoms with E-state index in [1.165, 1.54) is 0 Å². The highest BCUT2D eigenvalue weighted by Gasteiger charge is 2.23. The highest BCUT2D eigenvalue weighted by molar-refractivity contribution is 5.78. The van der Waals surface area contributed by atoms with Crippen LogP contribution in [-0.4, -0.2) is 59.6 Å². The molecule has 1 saturated heterocycles. The van der Waals surface area contributed by atoms with E-state index in [4.69, 9.17) is 4.74 Å². The number of hydrogen-bond acceptors (Lipinski definition) is 6. The highest BCUT2D eigenvalue weighted by Crippen LogP contribution is 2.22. The summed E-state index contributed by atoms with van der Waals surface area (Å²) < 4.78 is 5.77. The van der Waals surface area contributed by atoms with Crippen LogP contribution in [0.4, 0.5) is 5.82 Å². The molecule has 3 heterocycles. The molecule has 7 heteroatoms. The predicted octanol–water partition coefficient (Wildman–Crippen LogP) is 1.46. The Kier molecular flexibility index (Phi) is 5.48. The van der Waals surface area contributed by atoms with Crippen LogP contribution in [0.2, 0.25) is 0 Å². The lowest BCUT2D eigenvalue weighted by molar-refractivity contribution is -0.123. The number of anilines is 1. The topological polar surface area (TPSA) is 70.6 Å². The summed E-state index contributed by atoms with van der Waals surface area (Å²) in [5.74, 6) is 1.93. The quantitative estimate of drug-likeness (QED) is 0.882. The Morgan fingerprint density at radius 1 is 1.19 bits per heavy atom. The first-order valence-corrected chi connectivity index (χ1v) is 9.51. The van der Waals surface area contributed by atoms with E-state index < -0.39 is 0 Å². The molecule has 0 radical (unpaired) electrons. The summed E-state index contributed by atoms with van der Waals surface area (Å²) in [6.45, 7) is 4.29. The zero-order valence-corrected chi connectivity index (χ0v) is 15.4. The van der Waals surface area contributed by atoms with E-state index in [-0.39, 0.29) is 11.9 Å². The molecule has 2 aliphatic rings. The van der Waals surface area contributed by atoms with E-state index in [2.05, 4.69) is 31.2 Å². The summed E-state index contributed by atoms with van der Waals surface area (Å²) in [7, 11) is 0. The van der Waals surface area contributed by atoms with Crippen molar-refractivity contribution in [2.75, 3.05) is 37.7 Å². The van der Waals surface area contributed by atoms with Gasteiger partial charge in [-0.05, 0) is 18.9 Å². The summed E-state index contributed by atoms with van der Waals surface area (Å²) in [5, 5.41) is 3.20. The van der Waals surface area contributed by atoms with Gasteiger partial charge in [-0.15, -0.1) is 0 Å². The van der Waals surface area contributed by atoms with Gasteiger partial charge in [0.05, 0.1) is 12.7 Å². The Bertz CT molecular complexity index is 762. The van der Waals surface area contributed by atoms with Crippen LogP contribution in [0.3, 0.4) is 0 Å². The number of hydrogen-bond donors (Lipinski definition) is 1. The molecular weight excluding hydrogens is 342 g/mol. The van der Waals surface area contributed by atoms with Crippen molar-refractivity contribution in [2.45, 2.75) is 25.4 Å². The van der Waals surface area contributed by atoms with Gasteiger partial charge in [0.25, 0.3) is 0 Å². The van der Waals surface area contributed by atoms with Gasteiger partial charge in [0, 0.05) is 50.2 Å². The number of carbonyl (C=O) groups is 1. The number of amides is 1. The Labute approximate surface area is 159 Å². The van der Waals surface area contributed by atoms with Crippen molar-refractivity contribution < 1.29 is 9.53 Å². The Balaban J connectivity index is 1.25. The molecule has 1 N–H and O–H groups in total. The Hall–Kier alpha value is -2.67. The van der Waals surface area contributed by atoms with Crippen LogP contribution in [-0.2, 0) is 11.3 Å². The van der Waals surface area contributed by atoms with Gasteiger partial charge in [0.15, 0.2) is 0 Å². The number of ether oxygens (including phenoxy) is 1. The summed E-state index contributed by atoms with van der Waals surface area (Å²) >= 11 is 0. The van der Waals surface area contributed by atoms with Gasteiger partial charge in [-0.1, -0.05) is 18.2 Å². The number of para-hydroxylation sites is 1. The molecule has 7 nitrogen and oxygen atoms in total. The van der Waals surface area contributed by atoms with Crippen molar-refractivity contribution in [2.24, 2.45) is 0 Å².